The third kappa shape index (κ3) is 3.73. The lowest BCUT2D eigenvalue weighted by Gasteiger charge is -2.26. The standard InChI is InChI=1S/C4H10N5O3P/c5-7-8-13(10,11)12-9-3-1-6-2-4-9/h6H,1-4H2,(H,10,11). The van der Waals surface area contributed by atoms with Crippen molar-refractivity contribution in [1.29, 1.82) is 0 Å². The van der Waals surface area contributed by atoms with Gasteiger partial charge < -0.3 is 10.2 Å². The molecule has 0 bridgehead atoms. The van der Waals surface area contributed by atoms with Crippen LogP contribution in [0.5, 0.6) is 0 Å². The number of hydrogen-bond donors (Lipinski definition) is 2. The van der Waals surface area contributed by atoms with Crippen LogP contribution in [-0.2, 0) is 9.19 Å². The first kappa shape index (κ1) is 10.5. The van der Waals surface area contributed by atoms with Crippen LogP contribution in [0.2, 0.25) is 0 Å². The normalized spacial score (nSPS) is 23.2. The molecule has 0 spiro atoms. The fraction of sp³-hybridized carbons (Fsp3) is 1.00. The molecule has 1 saturated heterocycles. The van der Waals surface area contributed by atoms with Gasteiger partial charge in [0, 0.05) is 36.0 Å². The van der Waals surface area contributed by atoms with Crippen LogP contribution in [0.3, 0.4) is 0 Å². The van der Waals surface area contributed by atoms with Crippen LogP contribution in [0, 0.1) is 0 Å². The summed E-state index contributed by atoms with van der Waals surface area (Å²) in [7, 11) is -4.15. The summed E-state index contributed by atoms with van der Waals surface area (Å²) in [4.78, 5) is 13.8. The maximum Gasteiger partial charge on any atom is 0.434 e. The highest BCUT2D eigenvalue weighted by atomic mass is 31.2. The van der Waals surface area contributed by atoms with E-state index in [1.54, 1.807) is 0 Å². The minimum atomic E-state index is -4.15. The quantitative estimate of drug-likeness (QED) is 0.298. The fourth-order valence-corrected chi connectivity index (χ4v) is 1.54. The Morgan fingerprint density at radius 1 is 1.62 bits per heavy atom. The van der Waals surface area contributed by atoms with Crippen LogP contribution in [0.1, 0.15) is 0 Å². The summed E-state index contributed by atoms with van der Waals surface area (Å²) in [6, 6.07) is 0. The zero-order valence-electron chi connectivity index (χ0n) is 6.83. The van der Waals surface area contributed by atoms with E-state index in [1.807, 2.05) is 0 Å². The van der Waals surface area contributed by atoms with Crippen molar-refractivity contribution in [2.24, 2.45) is 4.88 Å². The van der Waals surface area contributed by atoms with Gasteiger partial charge in [-0.15, -0.1) is 0 Å². The van der Waals surface area contributed by atoms with E-state index in [4.69, 9.17) is 10.4 Å². The maximum absolute atomic E-state index is 10.9. The lowest BCUT2D eigenvalue weighted by molar-refractivity contribution is -0.0745. The van der Waals surface area contributed by atoms with Crippen LogP contribution in [0.15, 0.2) is 4.88 Å². The number of nitrogens with zero attached hydrogens (tertiary/aromatic N) is 4. The van der Waals surface area contributed by atoms with E-state index < -0.39 is 7.75 Å². The van der Waals surface area contributed by atoms with Gasteiger partial charge in [0.2, 0.25) is 0 Å². The number of rotatable bonds is 3. The molecule has 0 aliphatic carbocycles. The van der Waals surface area contributed by atoms with Crippen LogP contribution in [0.25, 0.3) is 10.4 Å². The van der Waals surface area contributed by atoms with Crippen LogP contribution in [-0.4, -0.2) is 36.1 Å². The average molecular weight is 207 g/mol. The van der Waals surface area contributed by atoms with Crippen molar-refractivity contribution < 1.29 is 14.1 Å². The molecule has 74 valence electrons. The largest absolute Gasteiger partial charge is 0.434 e. The zero-order chi connectivity index (χ0) is 9.73. The van der Waals surface area contributed by atoms with Crippen LogP contribution < -0.4 is 5.32 Å². The maximum atomic E-state index is 10.9. The summed E-state index contributed by atoms with van der Waals surface area (Å²) in [5.41, 5.74) is 7.95. The Bertz CT molecular complexity index is 259. The molecule has 1 aliphatic rings. The predicted octanol–water partition coefficient (Wildman–Crippen LogP) is 0.234. The topological polar surface area (TPSA) is 111 Å². The molecule has 0 amide bonds. The SMILES string of the molecule is [N-]=[N+]=NP(=O)(O)ON1CCNCC1. The van der Waals surface area contributed by atoms with Gasteiger partial charge in [-0.3, -0.25) is 4.57 Å². The van der Waals surface area contributed by atoms with Crippen molar-refractivity contribution in [1.82, 2.24) is 10.4 Å². The van der Waals surface area contributed by atoms with Crippen LogP contribution in [0.4, 0.5) is 0 Å². The lowest BCUT2D eigenvalue weighted by Crippen LogP contribution is -2.42. The second-order valence-electron chi connectivity index (χ2n) is 2.43. The van der Waals surface area contributed by atoms with Crippen molar-refractivity contribution in [3.8, 4) is 0 Å². The number of nitrogens with one attached hydrogen (secondary N) is 1. The molecule has 0 saturated carbocycles. The van der Waals surface area contributed by atoms with Gasteiger partial charge in [0.15, 0.2) is 0 Å². The second kappa shape index (κ2) is 4.57. The van der Waals surface area contributed by atoms with Crippen molar-refractivity contribution >= 4 is 7.75 Å². The summed E-state index contributed by atoms with van der Waals surface area (Å²) >= 11 is 0. The second-order valence-corrected chi connectivity index (χ2v) is 3.75. The predicted molar refractivity (Wildman–Crippen MR) is 44.5 cm³/mol. The van der Waals surface area contributed by atoms with E-state index in [9.17, 15) is 4.57 Å². The average Bonchev–Trinajstić information content (AvgIpc) is 2.04. The molecule has 1 atom stereocenters. The first-order valence-electron chi connectivity index (χ1n) is 3.69. The Morgan fingerprint density at radius 3 is 2.77 bits per heavy atom. The van der Waals surface area contributed by atoms with Crippen molar-refractivity contribution in [3.05, 3.63) is 10.4 Å². The molecule has 1 unspecified atom stereocenters. The molecule has 8 nitrogen and oxygen atoms in total. The molecule has 13 heavy (non-hydrogen) atoms. The van der Waals surface area contributed by atoms with Crippen molar-refractivity contribution in [3.63, 3.8) is 0 Å². The minimum absolute atomic E-state index is 0.492. The van der Waals surface area contributed by atoms with Gasteiger partial charge in [-0.1, -0.05) is 0 Å². The van der Waals surface area contributed by atoms with Crippen molar-refractivity contribution in [2.75, 3.05) is 26.2 Å². The number of azide groups is 1. The summed E-state index contributed by atoms with van der Waals surface area (Å²) in [6.07, 6.45) is 0. The van der Waals surface area contributed by atoms with Crippen molar-refractivity contribution in [2.45, 2.75) is 0 Å². The fourth-order valence-electron chi connectivity index (χ4n) is 0.943. The molecular weight excluding hydrogens is 197 g/mol. The smallest absolute Gasteiger partial charge is 0.319 e. The third-order valence-electron chi connectivity index (χ3n) is 1.45. The van der Waals surface area contributed by atoms with Gasteiger partial charge in [0.05, 0.1) is 0 Å². The minimum Gasteiger partial charge on any atom is -0.319 e. The molecule has 0 radical (unpaired) electrons. The molecule has 1 aliphatic heterocycles. The van der Waals surface area contributed by atoms with Gasteiger partial charge in [0.1, 0.15) is 0 Å². The summed E-state index contributed by atoms with van der Waals surface area (Å²) in [5, 5.41) is 4.35. The summed E-state index contributed by atoms with van der Waals surface area (Å²) < 4.78 is 15.5. The summed E-state index contributed by atoms with van der Waals surface area (Å²) in [6.45, 7) is 2.34. The molecule has 1 rings (SSSR count). The Labute approximate surface area is 74.7 Å². The molecule has 0 aromatic heterocycles. The van der Waals surface area contributed by atoms with Crippen LogP contribution >= 0.6 is 7.75 Å². The van der Waals surface area contributed by atoms with Gasteiger partial charge in [-0.25, -0.2) is 4.62 Å². The van der Waals surface area contributed by atoms with E-state index in [2.05, 4.69) is 19.7 Å². The third-order valence-corrected chi connectivity index (χ3v) is 2.20. The zero-order valence-corrected chi connectivity index (χ0v) is 7.72. The molecule has 1 fully saturated rings. The van der Waals surface area contributed by atoms with E-state index in [0.717, 1.165) is 0 Å². The number of hydrogen-bond acceptors (Lipinski definition) is 4. The highest BCUT2D eigenvalue weighted by Crippen LogP contribution is 2.44. The molecule has 1 heterocycles. The van der Waals surface area contributed by atoms with E-state index in [1.165, 1.54) is 5.06 Å². The first-order chi connectivity index (χ1) is 6.14. The lowest BCUT2D eigenvalue weighted by atomic mass is 10.4. The highest BCUT2D eigenvalue weighted by molar-refractivity contribution is 7.51. The van der Waals surface area contributed by atoms with Gasteiger partial charge in [-0.05, 0) is 5.53 Å². The van der Waals surface area contributed by atoms with Gasteiger partial charge in [0.25, 0.3) is 0 Å². The first-order valence-corrected chi connectivity index (χ1v) is 5.22. The Balaban J connectivity index is 2.46. The van der Waals surface area contributed by atoms with E-state index in [-0.39, 0.29) is 0 Å². The Kier molecular flexibility index (Phi) is 3.68. The Morgan fingerprint density at radius 2 is 2.23 bits per heavy atom. The number of hydroxylamine groups is 2. The molecule has 0 aromatic rings. The molecule has 9 heteroatoms. The number of piperazine rings is 1. The highest BCUT2D eigenvalue weighted by Gasteiger charge is 2.23. The molecule has 2 N–H and O–H groups in total. The van der Waals surface area contributed by atoms with E-state index in [0.29, 0.717) is 26.2 Å². The van der Waals surface area contributed by atoms with Gasteiger partial charge >= 0.3 is 7.75 Å². The summed E-state index contributed by atoms with van der Waals surface area (Å²) in [5.74, 6) is 0. The Hall–Kier alpha value is -0.620. The van der Waals surface area contributed by atoms with E-state index >= 15 is 0 Å². The molecule has 0 aromatic carbocycles. The molecular formula is C4H10N5O3P. The monoisotopic (exact) mass is 207 g/mol. The van der Waals surface area contributed by atoms with Gasteiger partial charge in [-0.2, -0.15) is 5.06 Å².